The molecule has 0 spiro atoms. The fourth-order valence-corrected chi connectivity index (χ4v) is 2.40. The van der Waals surface area contributed by atoms with Gasteiger partial charge in [0, 0.05) is 32.8 Å². The fraction of sp³-hybridized carbons (Fsp3) is 0.643. The van der Waals surface area contributed by atoms with Crippen LogP contribution >= 0.6 is 0 Å². The van der Waals surface area contributed by atoms with Crippen molar-refractivity contribution in [3.8, 4) is 0 Å². The molecule has 1 aliphatic heterocycles. The van der Waals surface area contributed by atoms with E-state index in [1.807, 2.05) is 18.7 Å². The summed E-state index contributed by atoms with van der Waals surface area (Å²) in [6.07, 6.45) is 3.90. The van der Waals surface area contributed by atoms with Crippen LogP contribution in [0, 0.1) is 19.8 Å². The molecule has 0 aromatic carbocycles. The lowest BCUT2D eigenvalue weighted by molar-refractivity contribution is -0.130. The maximum absolute atomic E-state index is 11.3. The van der Waals surface area contributed by atoms with Crippen molar-refractivity contribution < 1.29 is 4.79 Å². The third kappa shape index (κ3) is 3.66. The predicted octanol–water partition coefficient (Wildman–Crippen LogP) is 1.76. The highest BCUT2D eigenvalue weighted by atomic mass is 16.2. The van der Waals surface area contributed by atoms with Crippen LogP contribution < -0.4 is 5.32 Å². The first-order valence-corrected chi connectivity index (χ1v) is 6.86. The second-order valence-corrected chi connectivity index (χ2v) is 5.28. The second-order valence-electron chi connectivity index (χ2n) is 5.28. The van der Waals surface area contributed by atoms with Crippen molar-refractivity contribution >= 4 is 11.7 Å². The summed E-state index contributed by atoms with van der Waals surface area (Å²) < 4.78 is 0. The Morgan fingerprint density at radius 3 is 2.74 bits per heavy atom. The zero-order valence-electron chi connectivity index (χ0n) is 11.9. The summed E-state index contributed by atoms with van der Waals surface area (Å²) in [6, 6.07) is 0. The number of rotatable bonds is 3. The quantitative estimate of drug-likeness (QED) is 0.902. The second kappa shape index (κ2) is 5.99. The van der Waals surface area contributed by atoms with E-state index in [-0.39, 0.29) is 5.91 Å². The molecule has 1 saturated heterocycles. The lowest BCUT2D eigenvalue weighted by atomic mass is 9.97. The molecule has 0 radical (unpaired) electrons. The van der Waals surface area contributed by atoms with Crippen LogP contribution in [0.15, 0.2) is 6.20 Å². The molecule has 1 amide bonds. The SMILES string of the molecule is CC(=O)N1CCC(CNc2nc(C)cnc2C)CC1. The molecular weight excluding hydrogens is 240 g/mol. The molecule has 0 atom stereocenters. The van der Waals surface area contributed by atoms with Crippen LogP contribution in [-0.2, 0) is 4.79 Å². The number of carbonyl (C=O) groups is 1. The van der Waals surface area contributed by atoms with Gasteiger partial charge in [0.15, 0.2) is 0 Å². The molecule has 1 N–H and O–H groups in total. The first-order chi connectivity index (χ1) is 9.06. The van der Waals surface area contributed by atoms with Gasteiger partial charge in [-0.15, -0.1) is 0 Å². The number of hydrogen-bond donors (Lipinski definition) is 1. The zero-order valence-corrected chi connectivity index (χ0v) is 11.9. The molecule has 0 bridgehead atoms. The van der Waals surface area contributed by atoms with Crippen molar-refractivity contribution in [1.29, 1.82) is 0 Å². The van der Waals surface area contributed by atoms with Crippen LogP contribution in [0.1, 0.15) is 31.2 Å². The van der Waals surface area contributed by atoms with Crippen LogP contribution in [0.25, 0.3) is 0 Å². The number of aryl methyl sites for hydroxylation is 2. The van der Waals surface area contributed by atoms with Gasteiger partial charge in [-0.05, 0) is 32.6 Å². The number of anilines is 1. The van der Waals surface area contributed by atoms with E-state index in [1.54, 1.807) is 13.1 Å². The monoisotopic (exact) mass is 262 g/mol. The number of nitrogens with one attached hydrogen (secondary N) is 1. The van der Waals surface area contributed by atoms with Crippen LogP contribution in [0.4, 0.5) is 5.82 Å². The minimum Gasteiger partial charge on any atom is -0.368 e. The topological polar surface area (TPSA) is 58.1 Å². The molecule has 1 fully saturated rings. The van der Waals surface area contributed by atoms with Crippen molar-refractivity contribution in [3.63, 3.8) is 0 Å². The van der Waals surface area contributed by atoms with Gasteiger partial charge in [-0.25, -0.2) is 4.98 Å². The molecule has 0 saturated carbocycles. The number of likely N-dealkylation sites (tertiary alicyclic amines) is 1. The Labute approximate surface area is 114 Å². The number of hydrogen-bond acceptors (Lipinski definition) is 4. The molecule has 2 heterocycles. The maximum atomic E-state index is 11.3. The predicted molar refractivity (Wildman–Crippen MR) is 75.0 cm³/mol. The van der Waals surface area contributed by atoms with E-state index in [0.29, 0.717) is 5.92 Å². The van der Waals surface area contributed by atoms with Crippen molar-refractivity contribution in [2.24, 2.45) is 5.92 Å². The van der Waals surface area contributed by atoms with Crippen LogP contribution in [-0.4, -0.2) is 40.4 Å². The largest absolute Gasteiger partial charge is 0.368 e. The summed E-state index contributed by atoms with van der Waals surface area (Å²) in [5.74, 6) is 1.68. The number of aromatic nitrogens is 2. The fourth-order valence-electron chi connectivity index (χ4n) is 2.40. The average Bonchev–Trinajstić information content (AvgIpc) is 2.40. The van der Waals surface area contributed by atoms with Gasteiger partial charge < -0.3 is 10.2 Å². The summed E-state index contributed by atoms with van der Waals surface area (Å²) in [5.41, 5.74) is 1.87. The minimum absolute atomic E-state index is 0.187. The Morgan fingerprint density at radius 1 is 1.42 bits per heavy atom. The Kier molecular flexibility index (Phi) is 4.35. The molecule has 5 nitrogen and oxygen atoms in total. The molecule has 1 aromatic rings. The Morgan fingerprint density at radius 2 is 2.11 bits per heavy atom. The van der Waals surface area contributed by atoms with E-state index < -0.39 is 0 Å². The molecular formula is C14H22N4O. The molecule has 1 aromatic heterocycles. The number of piperidine rings is 1. The van der Waals surface area contributed by atoms with E-state index in [0.717, 1.165) is 49.7 Å². The highest BCUT2D eigenvalue weighted by Crippen LogP contribution is 2.18. The van der Waals surface area contributed by atoms with Crippen molar-refractivity contribution in [1.82, 2.24) is 14.9 Å². The third-order valence-corrected chi connectivity index (χ3v) is 3.69. The van der Waals surface area contributed by atoms with Crippen LogP contribution in [0.2, 0.25) is 0 Å². The van der Waals surface area contributed by atoms with E-state index in [2.05, 4.69) is 15.3 Å². The normalized spacial score (nSPS) is 16.5. The van der Waals surface area contributed by atoms with Gasteiger partial charge in [0.1, 0.15) is 5.82 Å². The highest BCUT2D eigenvalue weighted by Gasteiger charge is 2.20. The number of amides is 1. The van der Waals surface area contributed by atoms with Crippen molar-refractivity contribution in [2.45, 2.75) is 33.6 Å². The van der Waals surface area contributed by atoms with E-state index >= 15 is 0 Å². The summed E-state index contributed by atoms with van der Waals surface area (Å²) in [5, 5.41) is 3.39. The molecule has 0 unspecified atom stereocenters. The van der Waals surface area contributed by atoms with Crippen molar-refractivity contribution in [3.05, 3.63) is 17.6 Å². The summed E-state index contributed by atoms with van der Waals surface area (Å²) >= 11 is 0. The Balaban J connectivity index is 1.83. The molecule has 0 aliphatic carbocycles. The Hall–Kier alpha value is -1.65. The lowest BCUT2D eigenvalue weighted by Gasteiger charge is -2.31. The van der Waals surface area contributed by atoms with Gasteiger partial charge in [0.05, 0.1) is 11.4 Å². The molecule has 19 heavy (non-hydrogen) atoms. The van der Waals surface area contributed by atoms with Crippen molar-refractivity contribution in [2.75, 3.05) is 25.0 Å². The van der Waals surface area contributed by atoms with Gasteiger partial charge in [-0.1, -0.05) is 0 Å². The molecule has 1 aliphatic rings. The zero-order chi connectivity index (χ0) is 13.8. The van der Waals surface area contributed by atoms with Gasteiger partial charge in [-0.2, -0.15) is 0 Å². The van der Waals surface area contributed by atoms with Gasteiger partial charge in [-0.3, -0.25) is 9.78 Å². The molecule has 5 heteroatoms. The molecule has 104 valence electrons. The van der Waals surface area contributed by atoms with Gasteiger partial charge in [0.2, 0.25) is 5.91 Å². The molecule has 2 rings (SSSR count). The summed E-state index contributed by atoms with van der Waals surface area (Å²) in [7, 11) is 0. The minimum atomic E-state index is 0.187. The lowest BCUT2D eigenvalue weighted by Crippen LogP contribution is -2.38. The van der Waals surface area contributed by atoms with E-state index in [1.165, 1.54) is 0 Å². The standard InChI is InChI=1S/C14H22N4O/c1-10-8-15-11(2)14(17-10)16-9-13-4-6-18(7-5-13)12(3)19/h8,13H,4-7,9H2,1-3H3,(H,16,17). The summed E-state index contributed by atoms with van der Waals surface area (Å²) in [6.45, 7) is 8.21. The van der Waals surface area contributed by atoms with Crippen LogP contribution in [0.3, 0.4) is 0 Å². The smallest absolute Gasteiger partial charge is 0.219 e. The number of nitrogens with zero attached hydrogens (tertiary/aromatic N) is 3. The Bertz CT molecular complexity index is 453. The summed E-state index contributed by atoms with van der Waals surface area (Å²) in [4.78, 5) is 21.9. The first kappa shape index (κ1) is 13.8. The first-order valence-electron chi connectivity index (χ1n) is 6.86. The van der Waals surface area contributed by atoms with Gasteiger partial charge >= 0.3 is 0 Å². The van der Waals surface area contributed by atoms with Gasteiger partial charge in [0.25, 0.3) is 0 Å². The number of carbonyl (C=O) groups excluding carboxylic acids is 1. The maximum Gasteiger partial charge on any atom is 0.219 e. The van der Waals surface area contributed by atoms with E-state index in [9.17, 15) is 4.79 Å². The highest BCUT2D eigenvalue weighted by molar-refractivity contribution is 5.73. The van der Waals surface area contributed by atoms with E-state index in [4.69, 9.17) is 0 Å². The van der Waals surface area contributed by atoms with Crippen LogP contribution in [0.5, 0.6) is 0 Å². The average molecular weight is 262 g/mol. The third-order valence-electron chi connectivity index (χ3n) is 3.69.